The van der Waals surface area contributed by atoms with Gasteiger partial charge in [-0.15, -0.1) is 0 Å². The van der Waals surface area contributed by atoms with Crippen molar-refractivity contribution in [2.24, 2.45) is 0 Å². The van der Waals surface area contributed by atoms with Crippen LogP contribution in [0.2, 0.25) is 0 Å². The van der Waals surface area contributed by atoms with E-state index in [-0.39, 0.29) is 0 Å². The summed E-state index contributed by atoms with van der Waals surface area (Å²) in [5, 5.41) is 4.38. The number of nitrogens with one attached hydrogen (secondary N) is 2. The number of aromatic amines is 1. The van der Waals surface area contributed by atoms with Gasteiger partial charge in [-0.2, -0.15) is 0 Å². The van der Waals surface area contributed by atoms with Gasteiger partial charge in [-0.1, -0.05) is 30.4 Å². The van der Waals surface area contributed by atoms with Gasteiger partial charge in [0.15, 0.2) is 11.6 Å². The first-order chi connectivity index (χ1) is 9.81. The molecule has 20 heavy (non-hydrogen) atoms. The number of hydrogen-bond donors (Lipinski definition) is 2. The first-order valence-electron chi connectivity index (χ1n) is 6.63. The predicted octanol–water partition coefficient (Wildman–Crippen LogP) is 3.20. The van der Waals surface area contributed by atoms with Gasteiger partial charge in [0.25, 0.3) is 0 Å². The van der Waals surface area contributed by atoms with Gasteiger partial charge in [0.05, 0.1) is 0 Å². The third-order valence-electron chi connectivity index (χ3n) is 3.62. The van der Waals surface area contributed by atoms with Crippen LogP contribution in [0.4, 0.5) is 0 Å². The van der Waals surface area contributed by atoms with E-state index in [2.05, 4.69) is 15.3 Å². The summed E-state index contributed by atoms with van der Waals surface area (Å²) in [6.45, 7) is 1.75. The molecule has 5 heteroatoms. The zero-order valence-corrected chi connectivity index (χ0v) is 11.6. The second-order valence-electron chi connectivity index (χ2n) is 4.92. The number of para-hydroxylation sites is 1. The lowest BCUT2D eigenvalue weighted by Crippen LogP contribution is -2.25. The number of nitrogens with zero attached hydrogens (tertiary/aromatic N) is 1. The van der Waals surface area contributed by atoms with Crippen LogP contribution in [0.25, 0.3) is 22.6 Å². The zero-order valence-electron chi connectivity index (χ0n) is 10.8. The average Bonchev–Trinajstić information content (AvgIpc) is 2.91. The molecule has 0 atom stereocenters. The van der Waals surface area contributed by atoms with E-state index in [1.54, 1.807) is 0 Å². The summed E-state index contributed by atoms with van der Waals surface area (Å²) < 4.78 is 6.50. The molecule has 0 unspecified atom stereocenters. The van der Waals surface area contributed by atoms with Crippen molar-refractivity contribution in [1.29, 1.82) is 0 Å². The third kappa shape index (κ3) is 1.87. The number of aromatic nitrogens is 2. The third-order valence-corrected chi connectivity index (χ3v) is 3.96. The molecule has 0 saturated carbocycles. The van der Waals surface area contributed by atoms with Crippen molar-refractivity contribution in [3.05, 3.63) is 46.2 Å². The minimum absolute atomic E-state index is 0.654. The van der Waals surface area contributed by atoms with Gasteiger partial charge in [0.2, 0.25) is 0 Å². The molecule has 0 spiro atoms. The molecule has 0 aliphatic carbocycles. The Hall–Kier alpha value is -1.98. The number of benzene rings is 1. The van der Waals surface area contributed by atoms with E-state index >= 15 is 0 Å². The molecule has 3 aromatic rings. The van der Waals surface area contributed by atoms with E-state index in [1.807, 2.05) is 30.3 Å². The minimum atomic E-state index is 0.654. The molecule has 0 radical (unpaired) electrons. The summed E-state index contributed by atoms with van der Waals surface area (Å²) in [5.74, 6) is 1.45. The van der Waals surface area contributed by atoms with Crippen molar-refractivity contribution in [2.75, 3.05) is 6.54 Å². The molecule has 100 valence electrons. The predicted molar refractivity (Wildman–Crippen MR) is 80.0 cm³/mol. The zero-order chi connectivity index (χ0) is 13.5. The van der Waals surface area contributed by atoms with Crippen LogP contribution in [0.3, 0.4) is 0 Å². The average molecular weight is 283 g/mol. The fraction of sp³-hybridized carbons (Fsp3) is 0.200. The van der Waals surface area contributed by atoms with Gasteiger partial charge in [0, 0.05) is 36.2 Å². The number of fused-ring (bicyclic) bond motifs is 2. The summed E-state index contributed by atoms with van der Waals surface area (Å²) in [4.78, 5) is 7.85. The standard InChI is InChI=1S/C15H13N3OS/c20-15-10-8-16-6-5-11(10)17-14(18-15)13-7-9-3-1-2-4-12(9)19-13/h1-4,7,16H,5-6,8H2,(H,17,18,20). The molecule has 1 aromatic carbocycles. The number of H-pyrrole nitrogens is 1. The van der Waals surface area contributed by atoms with Gasteiger partial charge < -0.3 is 14.7 Å². The van der Waals surface area contributed by atoms with Gasteiger partial charge >= 0.3 is 0 Å². The molecular formula is C15H13N3OS. The van der Waals surface area contributed by atoms with Crippen molar-refractivity contribution in [3.63, 3.8) is 0 Å². The van der Waals surface area contributed by atoms with Crippen molar-refractivity contribution in [3.8, 4) is 11.6 Å². The van der Waals surface area contributed by atoms with Crippen LogP contribution in [-0.4, -0.2) is 16.5 Å². The Bertz CT molecular complexity index is 817. The molecular weight excluding hydrogens is 270 g/mol. The van der Waals surface area contributed by atoms with E-state index in [1.165, 1.54) is 5.69 Å². The van der Waals surface area contributed by atoms with E-state index in [4.69, 9.17) is 16.6 Å². The van der Waals surface area contributed by atoms with Gasteiger partial charge in [-0.05, 0) is 12.1 Å². The maximum atomic E-state index is 5.84. The molecule has 1 aliphatic rings. The Balaban J connectivity index is 1.89. The Morgan fingerprint density at radius 3 is 3.05 bits per heavy atom. The fourth-order valence-corrected chi connectivity index (χ4v) is 2.87. The van der Waals surface area contributed by atoms with Crippen LogP contribution in [0, 0.1) is 4.64 Å². The number of furan rings is 1. The summed E-state index contributed by atoms with van der Waals surface area (Å²) in [6, 6.07) is 9.94. The van der Waals surface area contributed by atoms with Crippen molar-refractivity contribution in [1.82, 2.24) is 15.3 Å². The van der Waals surface area contributed by atoms with Gasteiger partial charge in [-0.3, -0.25) is 0 Å². The van der Waals surface area contributed by atoms with Crippen molar-refractivity contribution >= 4 is 23.2 Å². The largest absolute Gasteiger partial charge is 0.453 e. The monoisotopic (exact) mass is 283 g/mol. The quantitative estimate of drug-likeness (QED) is 0.673. The highest BCUT2D eigenvalue weighted by Gasteiger charge is 2.15. The van der Waals surface area contributed by atoms with Gasteiger partial charge in [0.1, 0.15) is 10.2 Å². The van der Waals surface area contributed by atoms with Gasteiger partial charge in [-0.25, -0.2) is 4.98 Å². The van der Waals surface area contributed by atoms with Crippen LogP contribution < -0.4 is 5.32 Å². The lowest BCUT2D eigenvalue weighted by atomic mass is 10.1. The molecule has 0 amide bonds. The lowest BCUT2D eigenvalue weighted by molar-refractivity contribution is 0.608. The Morgan fingerprint density at radius 2 is 2.15 bits per heavy atom. The smallest absolute Gasteiger partial charge is 0.175 e. The second-order valence-corrected chi connectivity index (χ2v) is 5.31. The van der Waals surface area contributed by atoms with Crippen molar-refractivity contribution in [2.45, 2.75) is 13.0 Å². The molecule has 4 rings (SSSR count). The van der Waals surface area contributed by atoms with E-state index in [9.17, 15) is 0 Å². The maximum Gasteiger partial charge on any atom is 0.175 e. The highest BCUT2D eigenvalue weighted by Crippen LogP contribution is 2.26. The van der Waals surface area contributed by atoms with Crippen LogP contribution in [0.15, 0.2) is 34.7 Å². The summed E-state index contributed by atoms with van der Waals surface area (Å²) in [6.07, 6.45) is 0.939. The first kappa shape index (κ1) is 11.8. The highest BCUT2D eigenvalue weighted by atomic mass is 32.1. The molecule has 1 aliphatic heterocycles. The number of rotatable bonds is 1. The molecule has 0 saturated heterocycles. The molecule has 3 heterocycles. The Kier molecular flexibility index (Phi) is 2.68. The molecule has 4 nitrogen and oxygen atoms in total. The van der Waals surface area contributed by atoms with E-state index in [0.717, 1.165) is 41.8 Å². The van der Waals surface area contributed by atoms with Crippen LogP contribution in [0.1, 0.15) is 11.3 Å². The summed E-state index contributed by atoms with van der Waals surface area (Å²) in [5.41, 5.74) is 3.13. The molecule has 2 aromatic heterocycles. The van der Waals surface area contributed by atoms with Crippen LogP contribution in [-0.2, 0) is 13.0 Å². The fourth-order valence-electron chi connectivity index (χ4n) is 2.58. The van der Waals surface area contributed by atoms with E-state index in [0.29, 0.717) is 10.5 Å². The summed E-state index contributed by atoms with van der Waals surface area (Å²) >= 11 is 5.39. The molecule has 0 fully saturated rings. The van der Waals surface area contributed by atoms with E-state index < -0.39 is 0 Å². The maximum absolute atomic E-state index is 5.84. The highest BCUT2D eigenvalue weighted by molar-refractivity contribution is 7.71. The molecule has 0 bridgehead atoms. The first-order valence-corrected chi connectivity index (χ1v) is 7.04. The SMILES string of the molecule is S=c1nc(-c2cc3ccccc3o2)[nH]c2c1CNCC2. The van der Waals surface area contributed by atoms with Crippen molar-refractivity contribution < 1.29 is 4.42 Å². The Morgan fingerprint density at radius 1 is 1.25 bits per heavy atom. The molecule has 2 N–H and O–H groups in total. The Labute approximate surface area is 120 Å². The lowest BCUT2D eigenvalue weighted by Gasteiger charge is -2.17. The minimum Gasteiger partial charge on any atom is -0.453 e. The number of hydrogen-bond acceptors (Lipinski definition) is 4. The van der Waals surface area contributed by atoms with Crippen LogP contribution in [0.5, 0.6) is 0 Å². The normalized spacial score (nSPS) is 14.4. The topological polar surface area (TPSA) is 53.9 Å². The van der Waals surface area contributed by atoms with Crippen LogP contribution >= 0.6 is 12.2 Å². The second kappa shape index (κ2) is 4.54. The summed E-state index contributed by atoms with van der Waals surface area (Å²) in [7, 11) is 0.